The fourth-order valence-electron chi connectivity index (χ4n) is 2.12. The number of carbonyl (C=O) groups excluding carboxylic acids is 2. The number of furan rings is 1. The van der Waals surface area contributed by atoms with Gasteiger partial charge in [0.2, 0.25) is 12.7 Å². The maximum Gasteiger partial charge on any atom is 0.252 e. The van der Waals surface area contributed by atoms with Crippen LogP contribution in [-0.2, 0) is 11.3 Å². The van der Waals surface area contributed by atoms with Crippen molar-refractivity contribution in [3.63, 3.8) is 0 Å². The smallest absolute Gasteiger partial charge is 0.252 e. The van der Waals surface area contributed by atoms with Crippen LogP contribution in [0.4, 0.5) is 0 Å². The van der Waals surface area contributed by atoms with Gasteiger partial charge in [0.15, 0.2) is 11.5 Å². The molecule has 7 heteroatoms. The van der Waals surface area contributed by atoms with Gasteiger partial charge in [0.05, 0.1) is 12.8 Å². The van der Waals surface area contributed by atoms with Crippen molar-refractivity contribution >= 4 is 11.8 Å². The van der Waals surface area contributed by atoms with Gasteiger partial charge in [0, 0.05) is 5.56 Å². The second kappa shape index (κ2) is 6.43. The Kier molecular flexibility index (Phi) is 4.18. The van der Waals surface area contributed by atoms with Crippen molar-refractivity contribution in [2.75, 3.05) is 6.79 Å². The Bertz CT molecular complexity index is 711. The predicted molar refractivity (Wildman–Crippen MR) is 80.0 cm³/mol. The summed E-state index contributed by atoms with van der Waals surface area (Å²) in [6, 6.07) is 7.70. The molecule has 2 amide bonds. The molecule has 1 aliphatic rings. The third-order valence-corrected chi connectivity index (χ3v) is 3.39. The third-order valence-electron chi connectivity index (χ3n) is 3.39. The average molecular weight is 316 g/mol. The number of amides is 2. The van der Waals surface area contributed by atoms with E-state index in [1.807, 2.05) is 0 Å². The molecule has 2 heterocycles. The summed E-state index contributed by atoms with van der Waals surface area (Å²) in [7, 11) is 0. The maximum atomic E-state index is 12.2. The average Bonchev–Trinajstić information content (AvgIpc) is 3.22. The molecular formula is C16H16N2O5. The second-order valence-electron chi connectivity index (χ2n) is 5.06. The van der Waals surface area contributed by atoms with E-state index in [4.69, 9.17) is 13.9 Å². The number of fused-ring (bicyclic) bond motifs is 1. The Morgan fingerprint density at radius 3 is 2.83 bits per heavy atom. The van der Waals surface area contributed by atoms with E-state index in [9.17, 15) is 9.59 Å². The topological polar surface area (TPSA) is 89.8 Å². The van der Waals surface area contributed by atoms with Crippen LogP contribution in [0.1, 0.15) is 23.0 Å². The summed E-state index contributed by atoms with van der Waals surface area (Å²) >= 11 is 0. The summed E-state index contributed by atoms with van der Waals surface area (Å²) in [6.45, 7) is 2.03. The van der Waals surface area contributed by atoms with Gasteiger partial charge in [0.1, 0.15) is 11.8 Å². The molecular weight excluding hydrogens is 300 g/mol. The molecule has 0 spiro atoms. The summed E-state index contributed by atoms with van der Waals surface area (Å²) in [6.07, 6.45) is 1.53. The minimum absolute atomic E-state index is 0.145. The predicted octanol–water partition coefficient (Wildman–Crippen LogP) is 1.44. The number of ether oxygens (including phenoxy) is 2. The van der Waals surface area contributed by atoms with Crippen LogP contribution in [0.5, 0.6) is 11.5 Å². The van der Waals surface area contributed by atoms with Crippen molar-refractivity contribution in [2.24, 2.45) is 0 Å². The minimum Gasteiger partial charge on any atom is -0.467 e. The molecule has 0 bridgehead atoms. The number of rotatable bonds is 5. The Morgan fingerprint density at radius 2 is 2.04 bits per heavy atom. The zero-order chi connectivity index (χ0) is 16.2. The first-order valence-corrected chi connectivity index (χ1v) is 7.14. The highest BCUT2D eigenvalue weighted by Crippen LogP contribution is 2.32. The van der Waals surface area contributed by atoms with Crippen LogP contribution >= 0.6 is 0 Å². The van der Waals surface area contributed by atoms with Gasteiger partial charge in [-0.25, -0.2) is 0 Å². The highest BCUT2D eigenvalue weighted by Gasteiger charge is 2.19. The van der Waals surface area contributed by atoms with Gasteiger partial charge in [-0.1, -0.05) is 0 Å². The standard InChI is InChI=1S/C16H16N2O5/c1-10(15(19)17-8-12-3-2-6-21-12)18-16(20)11-4-5-13-14(7-11)23-9-22-13/h2-7,10H,8-9H2,1H3,(H,17,19)(H,18,20)/t10-/m1/s1. The normalized spacial score (nSPS) is 13.4. The Hall–Kier alpha value is -2.96. The quantitative estimate of drug-likeness (QED) is 0.871. The first-order valence-electron chi connectivity index (χ1n) is 7.14. The summed E-state index contributed by atoms with van der Waals surface area (Å²) in [5.74, 6) is 1.12. The van der Waals surface area contributed by atoms with E-state index in [1.54, 1.807) is 37.3 Å². The lowest BCUT2D eigenvalue weighted by molar-refractivity contribution is -0.122. The largest absolute Gasteiger partial charge is 0.467 e. The van der Waals surface area contributed by atoms with Gasteiger partial charge in [0.25, 0.3) is 5.91 Å². The molecule has 0 saturated heterocycles. The molecule has 0 radical (unpaired) electrons. The first-order chi connectivity index (χ1) is 11.1. The summed E-state index contributed by atoms with van der Waals surface area (Å²) in [5, 5.41) is 5.33. The van der Waals surface area contributed by atoms with Gasteiger partial charge in [-0.15, -0.1) is 0 Å². The highest BCUT2D eigenvalue weighted by molar-refractivity contribution is 5.97. The van der Waals surface area contributed by atoms with E-state index in [0.29, 0.717) is 22.8 Å². The first kappa shape index (κ1) is 15.0. The lowest BCUT2D eigenvalue weighted by Gasteiger charge is -2.13. The zero-order valence-corrected chi connectivity index (χ0v) is 12.5. The molecule has 7 nitrogen and oxygen atoms in total. The van der Waals surface area contributed by atoms with E-state index in [-0.39, 0.29) is 25.2 Å². The second-order valence-corrected chi connectivity index (χ2v) is 5.06. The van der Waals surface area contributed by atoms with Crippen LogP contribution in [0.3, 0.4) is 0 Å². The van der Waals surface area contributed by atoms with Crippen molar-refractivity contribution in [1.82, 2.24) is 10.6 Å². The Balaban J connectivity index is 1.55. The molecule has 1 aliphatic heterocycles. The number of benzene rings is 1. The molecule has 0 fully saturated rings. The van der Waals surface area contributed by atoms with E-state index in [2.05, 4.69) is 10.6 Å². The van der Waals surface area contributed by atoms with Crippen molar-refractivity contribution in [3.05, 3.63) is 47.9 Å². The number of hydrogen-bond donors (Lipinski definition) is 2. The van der Waals surface area contributed by atoms with Crippen LogP contribution in [-0.4, -0.2) is 24.6 Å². The number of nitrogens with one attached hydrogen (secondary N) is 2. The van der Waals surface area contributed by atoms with Crippen molar-refractivity contribution in [2.45, 2.75) is 19.5 Å². The van der Waals surface area contributed by atoms with Crippen LogP contribution in [0.25, 0.3) is 0 Å². The van der Waals surface area contributed by atoms with Gasteiger partial charge in [-0.2, -0.15) is 0 Å². The van der Waals surface area contributed by atoms with Crippen molar-refractivity contribution in [1.29, 1.82) is 0 Å². The maximum absolute atomic E-state index is 12.2. The molecule has 1 aromatic heterocycles. The monoisotopic (exact) mass is 316 g/mol. The van der Waals surface area contributed by atoms with Crippen LogP contribution < -0.4 is 20.1 Å². The number of hydrogen-bond acceptors (Lipinski definition) is 5. The fourth-order valence-corrected chi connectivity index (χ4v) is 2.12. The van der Waals surface area contributed by atoms with E-state index >= 15 is 0 Å². The molecule has 23 heavy (non-hydrogen) atoms. The van der Waals surface area contributed by atoms with Gasteiger partial charge in [-0.3, -0.25) is 9.59 Å². The van der Waals surface area contributed by atoms with E-state index in [1.165, 1.54) is 6.26 Å². The van der Waals surface area contributed by atoms with Gasteiger partial charge >= 0.3 is 0 Å². The van der Waals surface area contributed by atoms with Crippen LogP contribution in [0.15, 0.2) is 41.0 Å². The molecule has 2 N–H and O–H groups in total. The number of carbonyl (C=O) groups is 2. The molecule has 2 aromatic rings. The summed E-state index contributed by atoms with van der Waals surface area (Å²) < 4.78 is 15.6. The minimum atomic E-state index is -0.678. The van der Waals surface area contributed by atoms with Gasteiger partial charge < -0.3 is 24.5 Å². The molecule has 120 valence electrons. The molecule has 1 aromatic carbocycles. The van der Waals surface area contributed by atoms with Crippen LogP contribution in [0, 0.1) is 0 Å². The molecule has 0 saturated carbocycles. The third kappa shape index (κ3) is 3.45. The lowest BCUT2D eigenvalue weighted by atomic mass is 10.1. The van der Waals surface area contributed by atoms with Crippen LogP contribution in [0.2, 0.25) is 0 Å². The summed E-state index contributed by atoms with van der Waals surface area (Å²) in [5.41, 5.74) is 0.403. The van der Waals surface area contributed by atoms with E-state index in [0.717, 1.165) is 0 Å². The zero-order valence-electron chi connectivity index (χ0n) is 12.5. The van der Waals surface area contributed by atoms with E-state index < -0.39 is 6.04 Å². The fraction of sp³-hybridized carbons (Fsp3) is 0.250. The lowest BCUT2D eigenvalue weighted by Crippen LogP contribution is -2.44. The Labute approximate surface area is 132 Å². The molecule has 3 rings (SSSR count). The van der Waals surface area contributed by atoms with Crippen molar-refractivity contribution < 1.29 is 23.5 Å². The highest BCUT2D eigenvalue weighted by atomic mass is 16.7. The van der Waals surface area contributed by atoms with Crippen molar-refractivity contribution in [3.8, 4) is 11.5 Å². The molecule has 1 atom stereocenters. The Morgan fingerprint density at radius 1 is 1.22 bits per heavy atom. The van der Waals surface area contributed by atoms with Gasteiger partial charge in [-0.05, 0) is 37.3 Å². The molecule has 0 aliphatic carbocycles. The molecule has 0 unspecified atom stereocenters. The SMILES string of the molecule is C[C@@H](NC(=O)c1ccc2c(c1)OCO2)C(=O)NCc1ccco1. The summed E-state index contributed by atoms with van der Waals surface area (Å²) in [4.78, 5) is 24.2.